The van der Waals surface area contributed by atoms with Crippen LogP contribution < -0.4 is 16.2 Å². The molecule has 0 spiro atoms. The number of imide groups is 1. The fraction of sp³-hybridized carbons (Fsp3) is 0.400. The lowest BCUT2D eigenvalue weighted by molar-refractivity contribution is -0.117. The van der Waals surface area contributed by atoms with Crippen LogP contribution in [-0.4, -0.2) is 34.2 Å². The second-order valence-electron chi connectivity index (χ2n) is 3.33. The smallest absolute Gasteiger partial charge is 0.321 e. The third-order valence-corrected chi connectivity index (χ3v) is 2.66. The van der Waals surface area contributed by atoms with Gasteiger partial charge in [-0.15, -0.1) is 0 Å². The molecule has 3 N–H and O–H groups in total. The summed E-state index contributed by atoms with van der Waals surface area (Å²) < 4.78 is 0. The predicted molar refractivity (Wildman–Crippen MR) is 67.4 cm³/mol. The molecule has 0 bridgehead atoms. The van der Waals surface area contributed by atoms with Crippen LogP contribution in [0.15, 0.2) is 22.2 Å². The van der Waals surface area contributed by atoms with E-state index in [9.17, 15) is 14.4 Å². The Labute approximate surface area is 108 Å². The highest BCUT2D eigenvalue weighted by Crippen LogP contribution is 2.08. The number of amides is 3. The maximum Gasteiger partial charge on any atom is 0.321 e. The summed E-state index contributed by atoms with van der Waals surface area (Å²) >= 11 is 1.05. The number of aromatic amines is 1. The summed E-state index contributed by atoms with van der Waals surface area (Å²) in [5.41, 5.74) is -0.284. The molecule has 7 nitrogen and oxygen atoms in total. The number of urea groups is 1. The van der Waals surface area contributed by atoms with Gasteiger partial charge in [0.25, 0.3) is 5.56 Å². The Hall–Kier alpha value is -1.83. The molecule has 1 aromatic heterocycles. The average molecular weight is 270 g/mol. The molecule has 0 unspecified atom stereocenters. The number of H-pyrrole nitrogens is 1. The average Bonchev–Trinajstić information content (AvgIpc) is 2.34. The van der Waals surface area contributed by atoms with E-state index in [2.05, 4.69) is 20.6 Å². The van der Waals surface area contributed by atoms with Crippen molar-refractivity contribution in [3.8, 4) is 0 Å². The fourth-order valence-electron chi connectivity index (χ4n) is 1.00. The van der Waals surface area contributed by atoms with Gasteiger partial charge in [-0.05, 0) is 6.42 Å². The monoisotopic (exact) mass is 270 g/mol. The highest BCUT2D eigenvalue weighted by molar-refractivity contribution is 7.99. The summed E-state index contributed by atoms with van der Waals surface area (Å²) in [6.45, 7) is 2.43. The quantitative estimate of drug-likeness (QED) is 0.520. The van der Waals surface area contributed by atoms with E-state index in [-0.39, 0.29) is 11.3 Å². The van der Waals surface area contributed by atoms with Gasteiger partial charge in [0.2, 0.25) is 5.91 Å². The van der Waals surface area contributed by atoms with Crippen molar-refractivity contribution in [1.82, 2.24) is 20.6 Å². The van der Waals surface area contributed by atoms with Gasteiger partial charge in [0, 0.05) is 18.8 Å². The third-order valence-electron chi connectivity index (χ3n) is 1.78. The first-order valence-electron chi connectivity index (χ1n) is 5.37. The first-order valence-corrected chi connectivity index (χ1v) is 6.36. The van der Waals surface area contributed by atoms with Crippen LogP contribution in [0.25, 0.3) is 0 Å². The minimum absolute atomic E-state index is 0.00645. The van der Waals surface area contributed by atoms with Gasteiger partial charge in [0.15, 0.2) is 5.16 Å². The van der Waals surface area contributed by atoms with Gasteiger partial charge in [-0.25, -0.2) is 9.78 Å². The molecule has 0 aliphatic rings. The molecule has 18 heavy (non-hydrogen) atoms. The molecule has 0 atom stereocenters. The summed E-state index contributed by atoms with van der Waals surface area (Å²) in [5.74, 6) is -0.438. The molecule has 1 rings (SSSR count). The minimum Gasteiger partial charge on any atom is -0.338 e. The van der Waals surface area contributed by atoms with Crippen molar-refractivity contribution in [2.24, 2.45) is 0 Å². The van der Waals surface area contributed by atoms with Gasteiger partial charge < -0.3 is 10.3 Å². The van der Waals surface area contributed by atoms with E-state index >= 15 is 0 Å². The molecular weight excluding hydrogens is 256 g/mol. The van der Waals surface area contributed by atoms with Crippen molar-refractivity contribution in [1.29, 1.82) is 0 Å². The molecule has 0 aliphatic carbocycles. The number of rotatable bonds is 5. The van der Waals surface area contributed by atoms with Gasteiger partial charge in [0.05, 0.1) is 5.75 Å². The van der Waals surface area contributed by atoms with Crippen LogP contribution in [0.3, 0.4) is 0 Å². The molecule has 1 aromatic rings. The molecule has 0 radical (unpaired) electrons. The highest BCUT2D eigenvalue weighted by atomic mass is 32.2. The van der Waals surface area contributed by atoms with Crippen LogP contribution in [0, 0.1) is 0 Å². The van der Waals surface area contributed by atoms with Crippen molar-refractivity contribution in [2.45, 2.75) is 18.5 Å². The van der Waals surface area contributed by atoms with E-state index in [1.54, 1.807) is 0 Å². The number of nitrogens with zero attached hydrogens (tertiary/aromatic N) is 1. The zero-order valence-electron chi connectivity index (χ0n) is 9.86. The SMILES string of the molecule is CCCNC(=O)NC(=O)CSc1nccc(=O)[nH]1. The summed E-state index contributed by atoms with van der Waals surface area (Å²) in [5, 5.41) is 5.03. The van der Waals surface area contributed by atoms with Crippen LogP contribution in [0.1, 0.15) is 13.3 Å². The Balaban J connectivity index is 2.33. The number of nitrogens with one attached hydrogen (secondary N) is 3. The zero-order chi connectivity index (χ0) is 13.4. The number of thioether (sulfide) groups is 1. The lowest BCUT2D eigenvalue weighted by atomic mass is 10.5. The molecule has 1 heterocycles. The number of hydrogen-bond donors (Lipinski definition) is 3. The van der Waals surface area contributed by atoms with Crippen LogP contribution in [0.2, 0.25) is 0 Å². The summed E-state index contributed by atoms with van der Waals surface area (Å²) in [6.07, 6.45) is 2.15. The van der Waals surface area contributed by atoms with E-state index in [1.165, 1.54) is 12.3 Å². The van der Waals surface area contributed by atoms with Gasteiger partial charge in [-0.1, -0.05) is 18.7 Å². The molecule has 98 valence electrons. The van der Waals surface area contributed by atoms with Gasteiger partial charge in [-0.3, -0.25) is 14.9 Å². The van der Waals surface area contributed by atoms with Crippen molar-refractivity contribution >= 4 is 23.7 Å². The van der Waals surface area contributed by atoms with Crippen molar-refractivity contribution < 1.29 is 9.59 Å². The second-order valence-corrected chi connectivity index (χ2v) is 4.30. The van der Waals surface area contributed by atoms with Gasteiger partial charge in [-0.2, -0.15) is 0 Å². The number of hydrogen-bond acceptors (Lipinski definition) is 5. The van der Waals surface area contributed by atoms with Crippen LogP contribution in [0.4, 0.5) is 4.79 Å². The summed E-state index contributed by atoms with van der Waals surface area (Å²) in [6, 6.07) is 0.763. The normalized spacial score (nSPS) is 9.83. The Morgan fingerprint density at radius 2 is 2.28 bits per heavy atom. The first kappa shape index (κ1) is 14.2. The molecule has 0 aliphatic heterocycles. The maximum atomic E-state index is 11.4. The van der Waals surface area contributed by atoms with E-state index in [1.807, 2.05) is 6.92 Å². The Morgan fingerprint density at radius 1 is 1.50 bits per heavy atom. The molecule has 0 fully saturated rings. The standard InChI is InChI=1S/C10H14N4O3S/c1-2-4-11-9(17)13-8(16)6-18-10-12-5-3-7(15)14-10/h3,5H,2,4,6H2,1H3,(H,12,14,15)(H2,11,13,16,17). The van der Waals surface area contributed by atoms with E-state index in [0.717, 1.165) is 18.2 Å². The third kappa shape index (κ3) is 5.48. The van der Waals surface area contributed by atoms with Crippen LogP contribution >= 0.6 is 11.8 Å². The minimum atomic E-state index is -0.517. The number of carbonyl (C=O) groups is 2. The van der Waals surface area contributed by atoms with Crippen molar-refractivity contribution in [2.75, 3.05) is 12.3 Å². The molecule has 3 amide bonds. The molecular formula is C10H14N4O3S. The van der Waals surface area contributed by atoms with E-state index in [4.69, 9.17) is 0 Å². The molecule has 0 saturated carbocycles. The van der Waals surface area contributed by atoms with E-state index < -0.39 is 11.9 Å². The maximum absolute atomic E-state index is 11.4. The second kappa shape index (κ2) is 7.49. The highest BCUT2D eigenvalue weighted by Gasteiger charge is 2.08. The first-order chi connectivity index (χ1) is 8.61. The lowest BCUT2D eigenvalue weighted by Crippen LogP contribution is -2.40. The Kier molecular flexibility index (Phi) is 5.92. The van der Waals surface area contributed by atoms with Gasteiger partial charge in [0.1, 0.15) is 0 Å². The summed E-state index contributed by atoms with van der Waals surface area (Å²) in [4.78, 5) is 39.8. The largest absolute Gasteiger partial charge is 0.338 e. The molecule has 0 saturated heterocycles. The van der Waals surface area contributed by atoms with Crippen molar-refractivity contribution in [3.63, 3.8) is 0 Å². The van der Waals surface area contributed by atoms with E-state index in [0.29, 0.717) is 11.7 Å². The van der Waals surface area contributed by atoms with Crippen LogP contribution in [0.5, 0.6) is 0 Å². The Bertz CT molecular complexity index is 474. The topological polar surface area (TPSA) is 104 Å². The molecule has 0 aromatic carbocycles. The lowest BCUT2D eigenvalue weighted by Gasteiger charge is -2.04. The Morgan fingerprint density at radius 3 is 2.94 bits per heavy atom. The van der Waals surface area contributed by atoms with Gasteiger partial charge >= 0.3 is 6.03 Å². The van der Waals surface area contributed by atoms with Crippen molar-refractivity contribution in [3.05, 3.63) is 22.6 Å². The summed E-state index contributed by atoms with van der Waals surface area (Å²) in [7, 11) is 0. The zero-order valence-corrected chi connectivity index (χ0v) is 10.7. The molecule has 8 heteroatoms. The van der Waals surface area contributed by atoms with Crippen LogP contribution in [-0.2, 0) is 4.79 Å². The fourth-order valence-corrected chi connectivity index (χ4v) is 1.65. The predicted octanol–water partition coefficient (Wildman–Crippen LogP) is 0.0978. The number of aromatic nitrogens is 2. The number of carbonyl (C=O) groups excluding carboxylic acids is 2.